The van der Waals surface area contributed by atoms with Crippen LogP contribution in [-0.2, 0) is 9.53 Å². The molecule has 0 N–H and O–H groups in total. The Bertz CT molecular complexity index is 710. The van der Waals surface area contributed by atoms with Gasteiger partial charge < -0.3 is 4.74 Å². The van der Waals surface area contributed by atoms with Crippen LogP contribution < -0.4 is 0 Å². The van der Waals surface area contributed by atoms with Crippen molar-refractivity contribution in [3.63, 3.8) is 0 Å². The quantitative estimate of drug-likeness (QED) is 0.745. The van der Waals surface area contributed by atoms with Crippen LogP contribution in [0, 0.1) is 0 Å². The molecule has 1 aliphatic carbocycles. The molecule has 2 heterocycles. The Hall–Kier alpha value is -1.68. The Morgan fingerprint density at radius 1 is 1.15 bits per heavy atom. The summed E-state index contributed by atoms with van der Waals surface area (Å²) in [5, 5.41) is 4.39. The number of aliphatic imine (C=N–C) groups is 1. The fraction of sp³-hybridized carbons (Fsp3) is 0.375. The summed E-state index contributed by atoms with van der Waals surface area (Å²) in [7, 11) is 0. The van der Waals surface area contributed by atoms with Crippen molar-refractivity contribution in [1.29, 1.82) is 0 Å². The number of esters is 1. The van der Waals surface area contributed by atoms with Crippen molar-refractivity contribution in [2.24, 2.45) is 4.99 Å². The average molecular weight is 285 g/mol. The van der Waals surface area contributed by atoms with Gasteiger partial charge in [0.2, 0.25) is 5.90 Å². The Morgan fingerprint density at radius 3 is 2.80 bits per heavy atom. The third kappa shape index (κ3) is 1.71. The van der Waals surface area contributed by atoms with Crippen LogP contribution in [0.25, 0.3) is 10.8 Å². The summed E-state index contributed by atoms with van der Waals surface area (Å²) in [4.78, 5) is 18.0. The van der Waals surface area contributed by atoms with E-state index in [9.17, 15) is 4.79 Å². The molecule has 1 saturated carbocycles. The van der Waals surface area contributed by atoms with E-state index in [1.165, 1.54) is 11.8 Å². The van der Waals surface area contributed by atoms with Crippen molar-refractivity contribution in [2.45, 2.75) is 37.6 Å². The number of hydrogen-bond donors (Lipinski definition) is 0. The number of benzene rings is 1. The van der Waals surface area contributed by atoms with Crippen LogP contribution in [0.1, 0.15) is 37.0 Å². The molecule has 102 valence electrons. The highest BCUT2D eigenvalue weighted by Gasteiger charge is 2.47. The van der Waals surface area contributed by atoms with Gasteiger partial charge in [-0.25, -0.2) is 9.79 Å². The third-order valence-electron chi connectivity index (χ3n) is 4.27. The molecule has 0 radical (unpaired) electrons. The number of cyclic esters (lactones) is 1. The molecular weight excluding hydrogens is 270 g/mol. The summed E-state index contributed by atoms with van der Waals surface area (Å²) >= 11 is 1.60. The molecule has 1 aromatic heterocycles. The molecule has 1 aromatic carbocycles. The van der Waals surface area contributed by atoms with Gasteiger partial charge in [-0.1, -0.05) is 43.5 Å². The summed E-state index contributed by atoms with van der Waals surface area (Å²) in [6.07, 6.45) is 4.99. The van der Waals surface area contributed by atoms with E-state index in [1.54, 1.807) is 11.3 Å². The molecule has 20 heavy (non-hydrogen) atoms. The number of thiophene rings is 1. The van der Waals surface area contributed by atoms with Gasteiger partial charge in [-0.05, 0) is 23.6 Å². The standard InChI is InChI=1S/C16H15NO2S/c18-15-16(8-4-1-5-9-16)17-14(19-15)13-12-7-3-2-6-11(12)10-20-13/h2-3,6-7,10H,1,4-5,8-9H2. The summed E-state index contributed by atoms with van der Waals surface area (Å²) in [6.45, 7) is 0. The summed E-state index contributed by atoms with van der Waals surface area (Å²) < 4.78 is 5.53. The van der Waals surface area contributed by atoms with Gasteiger partial charge >= 0.3 is 5.97 Å². The van der Waals surface area contributed by atoms with Gasteiger partial charge in [0, 0.05) is 5.39 Å². The predicted octanol–water partition coefficient (Wildman–Crippen LogP) is 3.91. The second-order valence-electron chi connectivity index (χ2n) is 5.55. The normalized spacial score (nSPS) is 21.2. The molecule has 0 bridgehead atoms. The van der Waals surface area contributed by atoms with Crippen LogP contribution in [0.2, 0.25) is 0 Å². The number of hydrogen-bond acceptors (Lipinski definition) is 4. The van der Waals surface area contributed by atoms with Gasteiger partial charge in [-0.3, -0.25) is 0 Å². The van der Waals surface area contributed by atoms with E-state index < -0.39 is 5.54 Å². The Kier molecular flexibility index (Phi) is 2.67. The SMILES string of the molecule is O=C1OC(c2scc3ccccc23)=NC12CCCCC2. The highest BCUT2D eigenvalue weighted by molar-refractivity contribution is 7.13. The molecule has 2 aliphatic rings. The van der Waals surface area contributed by atoms with E-state index in [4.69, 9.17) is 9.73 Å². The van der Waals surface area contributed by atoms with Gasteiger partial charge in [0.1, 0.15) is 0 Å². The van der Waals surface area contributed by atoms with Crippen molar-refractivity contribution in [3.05, 3.63) is 34.5 Å². The minimum atomic E-state index is -0.585. The molecule has 2 aromatic rings. The highest BCUT2D eigenvalue weighted by Crippen LogP contribution is 2.39. The van der Waals surface area contributed by atoms with Crippen molar-refractivity contribution < 1.29 is 9.53 Å². The molecule has 0 atom stereocenters. The van der Waals surface area contributed by atoms with Gasteiger partial charge in [-0.2, -0.15) is 0 Å². The number of carbonyl (C=O) groups excluding carboxylic acids is 1. The first-order valence-corrected chi connectivity index (χ1v) is 7.95. The predicted molar refractivity (Wildman–Crippen MR) is 80.3 cm³/mol. The van der Waals surface area contributed by atoms with Crippen molar-refractivity contribution in [3.8, 4) is 0 Å². The second-order valence-corrected chi connectivity index (χ2v) is 6.43. The smallest absolute Gasteiger partial charge is 0.340 e. The molecule has 1 aliphatic heterocycles. The molecule has 3 nitrogen and oxygen atoms in total. The van der Waals surface area contributed by atoms with Gasteiger partial charge in [-0.15, -0.1) is 11.3 Å². The first-order chi connectivity index (χ1) is 9.78. The monoisotopic (exact) mass is 285 g/mol. The maximum absolute atomic E-state index is 12.3. The zero-order valence-corrected chi connectivity index (χ0v) is 11.9. The van der Waals surface area contributed by atoms with Crippen molar-refractivity contribution >= 4 is 34.0 Å². The number of rotatable bonds is 1. The van der Waals surface area contributed by atoms with Gasteiger partial charge in [0.15, 0.2) is 5.54 Å². The molecule has 0 saturated heterocycles. The fourth-order valence-electron chi connectivity index (χ4n) is 3.15. The lowest BCUT2D eigenvalue weighted by Gasteiger charge is -2.25. The maximum atomic E-state index is 12.3. The lowest BCUT2D eigenvalue weighted by atomic mass is 9.83. The van der Waals surface area contributed by atoms with E-state index in [2.05, 4.69) is 17.5 Å². The van der Waals surface area contributed by atoms with Crippen LogP contribution in [-0.4, -0.2) is 17.4 Å². The van der Waals surface area contributed by atoms with Crippen LogP contribution in [0.15, 0.2) is 34.6 Å². The first-order valence-electron chi connectivity index (χ1n) is 7.07. The maximum Gasteiger partial charge on any atom is 0.340 e. The summed E-state index contributed by atoms with van der Waals surface area (Å²) in [5.74, 6) is 0.382. The van der Waals surface area contributed by atoms with Crippen LogP contribution in [0.5, 0.6) is 0 Å². The van der Waals surface area contributed by atoms with Crippen LogP contribution in [0.4, 0.5) is 0 Å². The number of carbonyl (C=O) groups is 1. The number of nitrogens with zero attached hydrogens (tertiary/aromatic N) is 1. The van der Waals surface area contributed by atoms with E-state index in [-0.39, 0.29) is 5.97 Å². The van der Waals surface area contributed by atoms with Crippen molar-refractivity contribution in [2.75, 3.05) is 0 Å². The molecule has 4 rings (SSSR count). The lowest BCUT2D eigenvalue weighted by molar-refractivity contribution is -0.140. The highest BCUT2D eigenvalue weighted by atomic mass is 32.1. The second kappa shape index (κ2) is 4.42. The van der Waals surface area contributed by atoms with Crippen LogP contribution in [0.3, 0.4) is 0 Å². The molecule has 0 unspecified atom stereocenters. The fourth-order valence-corrected chi connectivity index (χ4v) is 4.10. The largest absolute Gasteiger partial charge is 0.404 e. The minimum absolute atomic E-state index is 0.148. The first kappa shape index (κ1) is 12.1. The van der Waals surface area contributed by atoms with E-state index in [0.29, 0.717) is 5.90 Å². The molecular formula is C16H15NO2S. The average Bonchev–Trinajstić information content (AvgIpc) is 3.03. The molecule has 1 fully saturated rings. The Balaban J connectivity index is 1.79. The van der Waals surface area contributed by atoms with Crippen molar-refractivity contribution in [1.82, 2.24) is 0 Å². The number of fused-ring (bicyclic) bond motifs is 1. The van der Waals surface area contributed by atoms with E-state index in [0.717, 1.165) is 35.9 Å². The van der Waals surface area contributed by atoms with E-state index in [1.807, 2.05) is 12.1 Å². The minimum Gasteiger partial charge on any atom is -0.404 e. The zero-order chi connectivity index (χ0) is 13.6. The molecule has 1 spiro atoms. The van der Waals surface area contributed by atoms with Crippen LogP contribution >= 0.6 is 11.3 Å². The van der Waals surface area contributed by atoms with Gasteiger partial charge in [0.05, 0.1) is 4.88 Å². The third-order valence-corrected chi connectivity index (χ3v) is 5.27. The molecule has 4 heteroatoms. The number of ether oxygens (including phenoxy) is 1. The summed E-state index contributed by atoms with van der Waals surface area (Å²) in [6, 6.07) is 8.16. The van der Waals surface area contributed by atoms with Gasteiger partial charge in [0.25, 0.3) is 0 Å². The Morgan fingerprint density at radius 2 is 1.95 bits per heavy atom. The topological polar surface area (TPSA) is 38.7 Å². The molecule has 0 amide bonds. The summed E-state index contributed by atoms with van der Waals surface area (Å²) in [5.41, 5.74) is -0.585. The Labute approximate surface area is 121 Å². The zero-order valence-electron chi connectivity index (χ0n) is 11.1. The lowest BCUT2D eigenvalue weighted by Crippen LogP contribution is -2.35. The van der Waals surface area contributed by atoms with E-state index >= 15 is 0 Å².